The van der Waals surface area contributed by atoms with Gasteiger partial charge in [0.15, 0.2) is 0 Å². The molecule has 0 aliphatic carbocycles. The van der Waals surface area contributed by atoms with Crippen molar-refractivity contribution in [1.29, 1.82) is 0 Å². The molecule has 6 nitrogen and oxygen atoms in total. The predicted molar refractivity (Wildman–Crippen MR) is 73.1 cm³/mol. The number of hydrogen-bond donors (Lipinski definition) is 1. The molecule has 2 aromatic rings. The third-order valence-corrected chi connectivity index (χ3v) is 3.12. The molecular formula is C13H16N4O2. The normalized spacial score (nSPS) is 10.5. The van der Waals surface area contributed by atoms with E-state index in [1.165, 1.54) is 0 Å². The van der Waals surface area contributed by atoms with E-state index in [0.29, 0.717) is 12.1 Å². The van der Waals surface area contributed by atoms with E-state index in [4.69, 9.17) is 0 Å². The molecule has 0 bridgehead atoms. The number of aromatic nitrogens is 2. The van der Waals surface area contributed by atoms with Crippen LogP contribution in [-0.4, -0.2) is 14.7 Å². The van der Waals surface area contributed by atoms with Gasteiger partial charge in [-0.3, -0.25) is 14.8 Å². The van der Waals surface area contributed by atoms with E-state index in [0.717, 1.165) is 16.9 Å². The summed E-state index contributed by atoms with van der Waals surface area (Å²) in [4.78, 5) is 10.5. The van der Waals surface area contributed by atoms with E-state index < -0.39 is 0 Å². The van der Waals surface area contributed by atoms with Crippen molar-refractivity contribution in [3.05, 3.63) is 51.3 Å². The molecule has 0 spiro atoms. The van der Waals surface area contributed by atoms with Gasteiger partial charge in [0, 0.05) is 30.6 Å². The molecule has 0 saturated heterocycles. The Hall–Kier alpha value is -2.37. The Balaban J connectivity index is 2.20. The first-order valence-corrected chi connectivity index (χ1v) is 5.95. The number of nitrogens with one attached hydrogen (secondary N) is 1. The molecule has 0 unspecified atom stereocenters. The summed E-state index contributed by atoms with van der Waals surface area (Å²) in [5, 5.41) is 18.2. The van der Waals surface area contributed by atoms with Gasteiger partial charge in [-0.1, -0.05) is 0 Å². The summed E-state index contributed by atoms with van der Waals surface area (Å²) in [7, 11) is 1.88. The van der Waals surface area contributed by atoms with Gasteiger partial charge in [-0.15, -0.1) is 0 Å². The van der Waals surface area contributed by atoms with Crippen LogP contribution < -0.4 is 5.32 Å². The summed E-state index contributed by atoms with van der Waals surface area (Å²) in [6, 6.07) is 5.34. The molecule has 100 valence electrons. The molecule has 6 heteroatoms. The van der Waals surface area contributed by atoms with E-state index in [9.17, 15) is 10.1 Å². The summed E-state index contributed by atoms with van der Waals surface area (Å²) < 4.78 is 1.79. The topological polar surface area (TPSA) is 73.0 Å². The van der Waals surface area contributed by atoms with Gasteiger partial charge in [0.1, 0.15) is 0 Å². The van der Waals surface area contributed by atoms with E-state index in [-0.39, 0.29) is 10.6 Å². The van der Waals surface area contributed by atoms with Crippen LogP contribution in [0.5, 0.6) is 0 Å². The maximum absolute atomic E-state index is 10.8. The Morgan fingerprint density at radius 3 is 2.68 bits per heavy atom. The second-order valence-corrected chi connectivity index (χ2v) is 4.51. The first-order chi connectivity index (χ1) is 8.99. The number of nitro groups is 1. The first-order valence-electron chi connectivity index (χ1n) is 5.95. The molecule has 0 saturated carbocycles. The monoisotopic (exact) mass is 260 g/mol. The minimum absolute atomic E-state index is 0.156. The van der Waals surface area contributed by atoms with Gasteiger partial charge in [0.2, 0.25) is 0 Å². The fourth-order valence-corrected chi connectivity index (χ4v) is 1.95. The second-order valence-electron chi connectivity index (χ2n) is 4.51. The average Bonchev–Trinajstić information content (AvgIpc) is 2.75. The van der Waals surface area contributed by atoms with Crippen molar-refractivity contribution in [2.75, 3.05) is 5.32 Å². The molecule has 1 aromatic carbocycles. The molecule has 0 fully saturated rings. The summed E-state index contributed by atoms with van der Waals surface area (Å²) in [6.45, 7) is 4.24. The van der Waals surface area contributed by atoms with Crippen LogP contribution in [0, 0.1) is 24.0 Å². The molecule has 1 heterocycles. The van der Waals surface area contributed by atoms with Crippen LogP contribution in [0.15, 0.2) is 24.4 Å². The SMILES string of the molecule is Cc1cc([N+](=O)[O-])c(C)cc1NCc1ccnn1C. The van der Waals surface area contributed by atoms with Crippen LogP contribution in [-0.2, 0) is 13.6 Å². The molecule has 1 aromatic heterocycles. The van der Waals surface area contributed by atoms with Gasteiger partial charge in [0.05, 0.1) is 17.2 Å². The number of rotatable bonds is 4. The summed E-state index contributed by atoms with van der Waals surface area (Å²) in [5.74, 6) is 0. The van der Waals surface area contributed by atoms with Crippen molar-refractivity contribution >= 4 is 11.4 Å². The van der Waals surface area contributed by atoms with Crippen LogP contribution in [0.1, 0.15) is 16.8 Å². The highest BCUT2D eigenvalue weighted by Crippen LogP contribution is 2.26. The van der Waals surface area contributed by atoms with Crippen LogP contribution in [0.4, 0.5) is 11.4 Å². The van der Waals surface area contributed by atoms with E-state index in [2.05, 4.69) is 10.4 Å². The number of hydrogen-bond acceptors (Lipinski definition) is 4. The summed E-state index contributed by atoms with van der Waals surface area (Å²) in [6.07, 6.45) is 1.74. The highest BCUT2D eigenvalue weighted by molar-refractivity contribution is 5.59. The minimum atomic E-state index is -0.354. The molecule has 0 aliphatic heterocycles. The van der Waals surface area contributed by atoms with Crippen molar-refractivity contribution in [3.8, 4) is 0 Å². The number of anilines is 1. The molecule has 0 aliphatic rings. The fraction of sp³-hybridized carbons (Fsp3) is 0.308. The third-order valence-electron chi connectivity index (χ3n) is 3.12. The van der Waals surface area contributed by atoms with Crippen molar-refractivity contribution < 1.29 is 4.92 Å². The Morgan fingerprint density at radius 1 is 1.37 bits per heavy atom. The van der Waals surface area contributed by atoms with Gasteiger partial charge in [-0.05, 0) is 31.5 Å². The van der Waals surface area contributed by atoms with Crippen molar-refractivity contribution in [2.24, 2.45) is 7.05 Å². The summed E-state index contributed by atoms with van der Waals surface area (Å²) in [5.41, 5.74) is 3.63. The molecule has 2 rings (SSSR count). The van der Waals surface area contributed by atoms with Crippen LogP contribution >= 0.6 is 0 Å². The zero-order valence-corrected chi connectivity index (χ0v) is 11.2. The van der Waals surface area contributed by atoms with Crippen LogP contribution in [0.2, 0.25) is 0 Å². The molecular weight excluding hydrogens is 244 g/mol. The Labute approximate surface area is 111 Å². The zero-order valence-electron chi connectivity index (χ0n) is 11.2. The average molecular weight is 260 g/mol. The highest BCUT2D eigenvalue weighted by Gasteiger charge is 2.13. The predicted octanol–water partition coefficient (Wildman–Crippen LogP) is 2.56. The lowest BCUT2D eigenvalue weighted by molar-refractivity contribution is -0.385. The van der Waals surface area contributed by atoms with Gasteiger partial charge < -0.3 is 5.32 Å². The van der Waals surface area contributed by atoms with E-state index in [1.807, 2.05) is 26.1 Å². The molecule has 0 radical (unpaired) electrons. The van der Waals surface area contributed by atoms with Crippen LogP contribution in [0.25, 0.3) is 0 Å². The lowest BCUT2D eigenvalue weighted by atomic mass is 10.1. The van der Waals surface area contributed by atoms with E-state index in [1.54, 1.807) is 23.9 Å². The van der Waals surface area contributed by atoms with Gasteiger partial charge in [0.25, 0.3) is 5.69 Å². The lowest BCUT2D eigenvalue weighted by Gasteiger charge is -2.11. The number of aryl methyl sites for hydroxylation is 3. The zero-order chi connectivity index (χ0) is 14.0. The second kappa shape index (κ2) is 5.09. The number of benzene rings is 1. The maximum atomic E-state index is 10.8. The quantitative estimate of drug-likeness (QED) is 0.677. The van der Waals surface area contributed by atoms with Crippen molar-refractivity contribution in [1.82, 2.24) is 9.78 Å². The number of nitro benzene ring substituents is 1. The largest absolute Gasteiger partial charge is 0.379 e. The molecule has 0 amide bonds. The molecule has 1 N–H and O–H groups in total. The van der Waals surface area contributed by atoms with Crippen molar-refractivity contribution in [3.63, 3.8) is 0 Å². The smallest absolute Gasteiger partial charge is 0.272 e. The lowest BCUT2D eigenvalue weighted by Crippen LogP contribution is -2.07. The molecule has 19 heavy (non-hydrogen) atoms. The van der Waals surface area contributed by atoms with Crippen LogP contribution in [0.3, 0.4) is 0 Å². The standard InChI is InChI=1S/C13H16N4O2/c1-9-7-13(17(18)19)10(2)6-12(9)14-8-11-4-5-15-16(11)3/h4-7,14H,8H2,1-3H3. The van der Waals surface area contributed by atoms with Crippen molar-refractivity contribution in [2.45, 2.75) is 20.4 Å². The minimum Gasteiger partial charge on any atom is -0.379 e. The Morgan fingerprint density at radius 2 is 2.11 bits per heavy atom. The third kappa shape index (κ3) is 2.73. The van der Waals surface area contributed by atoms with Gasteiger partial charge in [-0.25, -0.2) is 0 Å². The first kappa shape index (κ1) is 13.1. The molecule has 0 atom stereocenters. The maximum Gasteiger partial charge on any atom is 0.272 e. The Bertz CT molecular complexity index is 619. The van der Waals surface area contributed by atoms with Gasteiger partial charge >= 0.3 is 0 Å². The summed E-state index contributed by atoms with van der Waals surface area (Å²) >= 11 is 0. The van der Waals surface area contributed by atoms with Gasteiger partial charge in [-0.2, -0.15) is 5.10 Å². The Kier molecular flexibility index (Phi) is 3.50. The highest BCUT2D eigenvalue weighted by atomic mass is 16.6. The number of nitrogens with zero attached hydrogens (tertiary/aromatic N) is 3. The van der Waals surface area contributed by atoms with E-state index >= 15 is 0 Å². The fourth-order valence-electron chi connectivity index (χ4n) is 1.95.